The fourth-order valence-corrected chi connectivity index (χ4v) is 1.91. The van der Waals surface area contributed by atoms with Gasteiger partial charge in [-0.05, 0) is 23.8 Å². The summed E-state index contributed by atoms with van der Waals surface area (Å²) in [5, 5.41) is 15.1. The standard InChI is InChI=1S/C12H7Cl3N4O2/c13-9-5-10(14)12(17-11(9)15)18-16-6-7-1-3-8(4-2-7)19(20)21/h1-6H,(H,17,18). The molecule has 0 bridgehead atoms. The van der Waals surface area contributed by atoms with Gasteiger partial charge in [0.15, 0.2) is 5.82 Å². The third-order valence-electron chi connectivity index (χ3n) is 2.37. The van der Waals surface area contributed by atoms with Crippen molar-refractivity contribution < 1.29 is 4.92 Å². The Labute approximate surface area is 134 Å². The van der Waals surface area contributed by atoms with Gasteiger partial charge in [-0.3, -0.25) is 15.5 Å². The summed E-state index contributed by atoms with van der Waals surface area (Å²) in [6, 6.07) is 7.33. The molecule has 2 rings (SSSR count). The van der Waals surface area contributed by atoms with Crippen LogP contribution in [0.2, 0.25) is 15.2 Å². The molecule has 6 nitrogen and oxygen atoms in total. The van der Waals surface area contributed by atoms with Gasteiger partial charge < -0.3 is 0 Å². The second-order valence-electron chi connectivity index (χ2n) is 3.81. The smallest absolute Gasteiger partial charge is 0.260 e. The second-order valence-corrected chi connectivity index (χ2v) is 4.98. The van der Waals surface area contributed by atoms with Crippen molar-refractivity contribution in [3.8, 4) is 0 Å². The Morgan fingerprint density at radius 2 is 1.86 bits per heavy atom. The van der Waals surface area contributed by atoms with Gasteiger partial charge in [0.25, 0.3) is 5.69 Å². The van der Waals surface area contributed by atoms with Crippen molar-refractivity contribution >= 4 is 52.5 Å². The maximum absolute atomic E-state index is 10.5. The first kappa shape index (κ1) is 15.5. The molecule has 2 aromatic rings. The van der Waals surface area contributed by atoms with Gasteiger partial charge in [0.1, 0.15) is 5.15 Å². The van der Waals surface area contributed by atoms with Gasteiger partial charge in [-0.1, -0.05) is 34.8 Å². The Balaban J connectivity index is 2.09. The van der Waals surface area contributed by atoms with Gasteiger partial charge in [0, 0.05) is 12.1 Å². The molecular formula is C12H7Cl3N4O2. The fourth-order valence-electron chi connectivity index (χ4n) is 1.37. The Morgan fingerprint density at radius 3 is 2.48 bits per heavy atom. The fraction of sp³-hybridized carbons (Fsp3) is 0. The lowest BCUT2D eigenvalue weighted by Gasteiger charge is -2.03. The first-order chi connectivity index (χ1) is 9.97. The number of nitrogens with zero attached hydrogens (tertiary/aromatic N) is 3. The molecule has 0 radical (unpaired) electrons. The van der Waals surface area contributed by atoms with Crippen molar-refractivity contribution in [1.29, 1.82) is 0 Å². The largest absolute Gasteiger partial charge is 0.269 e. The van der Waals surface area contributed by atoms with Crippen LogP contribution in [0.3, 0.4) is 0 Å². The Hall–Kier alpha value is -1.89. The van der Waals surface area contributed by atoms with Crippen LogP contribution in [-0.4, -0.2) is 16.1 Å². The lowest BCUT2D eigenvalue weighted by molar-refractivity contribution is -0.384. The third-order valence-corrected chi connectivity index (χ3v) is 3.34. The van der Waals surface area contributed by atoms with Gasteiger partial charge in [0.05, 0.1) is 21.2 Å². The zero-order chi connectivity index (χ0) is 15.4. The van der Waals surface area contributed by atoms with Crippen LogP contribution in [0.1, 0.15) is 5.56 Å². The van der Waals surface area contributed by atoms with Crippen molar-refractivity contribution in [3.63, 3.8) is 0 Å². The lowest BCUT2D eigenvalue weighted by Crippen LogP contribution is -1.95. The number of non-ortho nitro benzene ring substituents is 1. The molecule has 9 heteroatoms. The van der Waals surface area contributed by atoms with E-state index < -0.39 is 4.92 Å². The predicted octanol–water partition coefficient (Wildman–Crippen LogP) is 4.40. The van der Waals surface area contributed by atoms with E-state index >= 15 is 0 Å². The number of aromatic nitrogens is 1. The summed E-state index contributed by atoms with van der Waals surface area (Å²) >= 11 is 17.4. The molecule has 0 aliphatic rings. The minimum Gasteiger partial charge on any atom is -0.260 e. The maximum Gasteiger partial charge on any atom is 0.269 e. The highest BCUT2D eigenvalue weighted by atomic mass is 35.5. The van der Waals surface area contributed by atoms with E-state index in [9.17, 15) is 10.1 Å². The minimum atomic E-state index is -0.474. The molecule has 0 aliphatic carbocycles. The normalized spacial score (nSPS) is 10.8. The summed E-state index contributed by atoms with van der Waals surface area (Å²) in [6.45, 7) is 0. The number of halogens is 3. The van der Waals surface area contributed by atoms with Crippen LogP contribution in [0.4, 0.5) is 11.5 Å². The highest BCUT2D eigenvalue weighted by Gasteiger charge is 2.07. The van der Waals surface area contributed by atoms with Crippen LogP contribution in [0.25, 0.3) is 0 Å². The van der Waals surface area contributed by atoms with Crippen LogP contribution in [0.5, 0.6) is 0 Å². The highest BCUT2D eigenvalue weighted by molar-refractivity contribution is 6.42. The Morgan fingerprint density at radius 1 is 1.19 bits per heavy atom. The van der Waals surface area contributed by atoms with E-state index in [1.807, 2.05) is 0 Å². The van der Waals surface area contributed by atoms with E-state index in [4.69, 9.17) is 34.8 Å². The molecule has 108 valence electrons. The SMILES string of the molecule is O=[N+]([O-])c1ccc(C=NNc2nc(Cl)c(Cl)cc2Cl)cc1. The number of hydrogen-bond acceptors (Lipinski definition) is 5. The van der Waals surface area contributed by atoms with Crippen molar-refractivity contribution in [3.05, 3.63) is 61.2 Å². The van der Waals surface area contributed by atoms with E-state index in [-0.39, 0.29) is 26.7 Å². The van der Waals surface area contributed by atoms with Crippen LogP contribution >= 0.6 is 34.8 Å². The average Bonchev–Trinajstić information content (AvgIpc) is 2.45. The van der Waals surface area contributed by atoms with Crippen LogP contribution in [-0.2, 0) is 0 Å². The van der Waals surface area contributed by atoms with Crippen LogP contribution in [0.15, 0.2) is 35.4 Å². The zero-order valence-corrected chi connectivity index (χ0v) is 12.5. The summed E-state index contributed by atoms with van der Waals surface area (Å²) in [6.07, 6.45) is 1.46. The number of rotatable bonds is 4. The molecule has 0 amide bonds. The Bertz CT molecular complexity index is 704. The van der Waals surface area contributed by atoms with Gasteiger partial charge in [0.2, 0.25) is 0 Å². The topological polar surface area (TPSA) is 80.4 Å². The average molecular weight is 346 g/mol. The second kappa shape index (κ2) is 6.71. The number of nitro benzene ring substituents is 1. The van der Waals surface area contributed by atoms with Gasteiger partial charge in [-0.2, -0.15) is 5.10 Å². The summed E-state index contributed by atoms with van der Waals surface area (Å²) in [5.41, 5.74) is 3.30. The molecule has 0 unspecified atom stereocenters. The molecule has 0 saturated heterocycles. The summed E-state index contributed by atoms with van der Waals surface area (Å²) in [4.78, 5) is 14.0. The summed E-state index contributed by atoms with van der Waals surface area (Å²) in [5.74, 6) is 0.254. The van der Waals surface area contributed by atoms with Gasteiger partial charge in [-0.15, -0.1) is 0 Å². The van der Waals surface area contributed by atoms with Crippen molar-refractivity contribution in [1.82, 2.24) is 4.98 Å². The van der Waals surface area contributed by atoms with Crippen molar-refractivity contribution in [2.24, 2.45) is 5.10 Å². The van der Waals surface area contributed by atoms with Crippen LogP contribution < -0.4 is 5.43 Å². The molecule has 1 aromatic carbocycles. The van der Waals surface area contributed by atoms with E-state index in [0.717, 1.165) is 0 Å². The molecule has 21 heavy (non-hydrogen) atoms. The minimum absolute atomic E-state index is 0.00861. The van der Waals surface area contributed by atoms with E-state index in [1.165, 1.54) is 24.4 Å². The van der Waals surface area contributed by atoms with Gasteiger partial charge >= 0.3 is 0 Å². The van der Waals surface area contributed by atoms with Crippen molar-refractivity contribution in [2.45, 2.75) is 0 Å². The maximum atomic E-state index is 10.5. The quantitative estimate of drug-likeness (QED) is 0.385. The molecule has 0 aliphatic heterocycles. The molecule has 0 saturated carbocycles. The lowest BCUT2D eigenvalue weighted by atomic mass is 10.2. The number of nitro groups is 1. The number of benzene rings is 1. The molecule has 0 atom stereocenters. The van der Waals surface area contributed by atoms with E-state index in [2.05, 4.69) is 15.5 Å². The molecule has 1 heterocycles. The zero-order valence-electron chi connectivity index (χ0n) is 10.3. The van der Waals surface area contributed by atoms with Crippen LogP contribution in [0, 0.1) is 10.1 Å². The van der Waals surface area contributed by atoms with E-state index in [1.54, 1.807) is 12.1 Å². The molecule has 0 spiro atoms. The number of hydrogen-bond donors (Lipinski definition) is 1. The first-order valence-corrected chi connectivity index (χ1v) is 6.66. The highest BCUT2D eigenvalue weighted by Crippen LogP contribution is 2.28. The summed E-state index contributed by atoms with van der Waals surface area (Å²) in [7, 11) is 0. The number of nitrogens with one attached hydrogen (secondary N) is 1. The third kappa shape index (κ3) is 4.04. The molecule has 1 aromatic heterocycles. The first-order valence-electron chi connectivity index (χ1n) is 5.52. The van der Waals surface area contributed by atoms with E-state index in [0.29, 0.717) is 5.56 Å². The number of pyridine rings is 1. The Kier molecular flexibility index (Phi) is 4.95. The van der Waals surface area contributed by atoms with Gasteiger partial charge in [-0.25, -0.2) is 4.98 Å². The number of anilines is 1. The molecule has 1 N–H and O–H groups in total. The molecule has 0 fully saturated rings. The monoisotopic (exact) mass is 344 g/mol. The molecular weight excluding hydrogens is 339 g/mol. The van der Waals surface area contributed by atoms with Crippen molar-refractivity contribution in [2.75, 3.05) is 5.43 Å². The predicted molar refractivity (Wildman–Crippen MR) is 83.6 cm³/mol. The number of hydrazone groups is 1. The summed E-state index contributed by atoms with van der Waals surface area (Å²) < 4.78 is 0.